The molecule has 204 valence electrons. The molecule has 16 nitrogen and oxygen atoms in total. The van der Waals surface area contributed by atoms with Gasteiger partial charge in [0, 0.05) is 12.8 Å². The van der Waals surface area contributed by atoms with Crippen molar-refractivity contribution < 1.29 is 43.8 Å². The van der Waals surface area contributed by atoms with Gasteiger partial charge >= 0.3 is 11.9 Å². The Kier molecular flexibility index (Phi) is 15.0. The van der Waals surface area contributed by atoms with Crippen molar-refractivity contribution in [3.05, 3.63) is 0 Å². The summed E-state index contributed by atoms with van der Waals surface area (Å²) in [6.07, 6.45) is -0.979. The summed E-state index contributed by atoms with van der Waals surface area (Å²) in [4.78, 5) is 82.4. The highest BCUT2D eigenvalue weighted by atomic mass is 16.4. The molecule has 4 atom stereocenters. The zero-order valence-electron chi connectivity index (χ0n) is 19.7. The Balaban J connectivity index is 5.52. The summed E-state index contributed by atoms with van der Waals surface area (Å²) in [5.41, 5.74) is 21.3. The van der Waals surface area contributed by atoms with Crippen LogP contribution in [0.5, 0.6) is 0 Å². The summed E-state index contributed by atoms with van der Waals surface area (Å²) in [5, 5.41) is 24.8. The first kappa shape index (κ1) is 32.2. The minimum Gasteiger partial charge on any atom is -0.481 e. The number of carbonyl (C=O) groups excluding carboxylic acids is 5. The summed E-state index contributed by atoms with van der Waals surface area (Å²) < 4.78 is 0. The van der Waals surface area contributed by atoms with Gasteiger partial charge in [0.05, 0.1) is 12.5 Å². The van der Waals surface area contributed by atoms with E-state index in [4.69, 9.17) is 28.0 Å². The van der Waals surface area contributed by atoms with Gasteiger partial charge in [-0.2, -0.15) is 0 Å². The van der Waals surface area contributed by atoms with Gasteiger partial charge in [0.15, 0.2) is 0 Å². The number of nitrogens with two attached hydrogens (primary N) is 4. The third-order valence-corrected chi connectivity index (χ3v) is 4.92. The first-order valence-corrected chi connectivity index (χ1v) is 11.2. The second-order valence-corrected chi connectivity index (χ2v) is 8.02. The second kappa shape index (κ2) is 16.8. The maximum Gasteiger partial charge on any atom is 0.326 e. The fraction of sp³-hybridized carbons (Fsp3) is 0.650. The van der Waals surface area contributed by atoms with Crippen LogP contribution in [0.4, 0.5) is 0 Å². The summed E-state index contributed by atoms with van der Waals surface area (Å²) >= 11 is 0. The molecule has 13 N–H and O–H groups in total. The fourth-order valence-corrected chi connectivity index (χ4v) is 2.95. The number of aliphatic carboxylic acids is 2. The molecule has 0 aromatic rings. The molecule has 0 radical (unpaired) electrons. The highest BCUT2D eigenvalue weighted by Gasteiger charge is 2.31. The van der Waals surface area contributed by atoms with E-state index in [1.165, 1.54) is 0 Å². The molecule has 16 heteroatoms. The van der Waals surface area contributed by atoms with Crippen molar-refractivity contribution in [3.63, 3.8) is 0 Å². The Labute approximate surface area is 206 Å². The van der Waals surface area contributed by atoms with Crippen LogP contribution >= 0.6 is 0 Å². The Hall–Kier alpha value is -3.79. The third-order valence-electron chi connectivity index (χ3n) is 4.92. The van der Waals surface area contributed by atoms with Crippen molar-refractivity contribution in [1.82, 2.24) is 16.0 Å². The van der Waals surface area contributed by atoms with Crippen molar-refractivity contribution in [1.29, 1.82) is 0 Å². The predicted molar refractivity (Wildman–Crippen MR) is 123 cm³/mol. The van der Waals surface area contributed by atoms with Crippen molar-refractivity contribution in [2.75, 3.05) is 6.54 Å². The van der Waals surface area contributed by atoms with Crippen molar-refractivity contribution >= 4 is 41.5 Å². The average Bonchev–Trinajstić information content (AvgIpc) is 2.77. The lowest BCUT2D eigenvalue weighted by Crippen LogP contribution is -2.57. The number of nitrogens with one attached hydrogen (secondary N) is 3. The van der Waals surface area contributed by atoms with E-state index in [0.717, 1.165) is 0 Å². The molecule has 0 rings (SSSR count). The number of hydrogen-bond donors (Lipinski definition) is 9. The van der Waals surface area contributed by atoms with Crippen LogP contribution in [0.3, 0.4) is 0 Å². The zero-order chi connectivity index (χ0) is 27.8. The second-order valence-electron chi connectivity index (χ2n) is 8.02. The Bertz CT molecular complexity index is 821. The van der Waals surface area contributed by atoms with Crippen molar-refractivity contribution in [2.45, 2.75) is 75.5 Å². The largest absolute Gasteiger partial charge is 0.481 e. The maximum absolute atomic E-state index is 12.9. The van der Waals surface area contributed by atoms with E-state index in [9.17, 15) is 38.7 Å². The Morgan fingerprint density at radius 3 is 1.72 bits per heavy atom. The van der Waals surface area contributed by atoms with E-state index in [2.05, 4.69) is 16.0 Å². The minimum absolute atomic E-state index is 0.0711. The number of carbonyl (C=O) groups is 7. The summed E-state index contributed by atoms with van der Waals surface area (Å²) in [6.45, 7) is 0.301. The number of hydrogen-bond acceptors (Lipinski definition) is 9. The van der Waals surface area contributed by atoms with E-state index < -0.39 is 72.1 Å². The Morgan fingerprint density at radius 2 is 1.22 bits per heavy atom. The van der Waals surface area contributed by atoms with Gasteiger partial charge in [-0.3, -0.25) is 28.8 Å². The molecule has 4 unspecified atom stereocenters. The normalized spacial score (nSPS) is 13.9. The predicted octanol–water partition coefficient (Wildman–Crippen LogP) is -4.01. The average molecular weight is 518 g/mol. The van der Waals surface area contributed by atoms with Crippen LogP contribution in [-0.4, -0.2) is 82.4 Å². The fourth-order valence-electron chi connectivity index (χ4n) is 2.95. The molecule has 5 amide bonds. The number of primary amides is 2. The van der Waals surface area contributed by atoms with Crippen LogP contribution in [0.1, 0.15) is 51.4 Å². The van der Waals surface area contributed by atoms with Crippen LogP contribution in [0, 0.1) is 0 Å². The molecular weight excluding hydrogens is 482 g/mol. The van der Waals surface area contributed by atoms with Crippen LogP contribution in [0.2, 0.25) is 0 Å². The summed E-state index contributed by atoms with van der Waals surface area (Å²) in [5.74, 6) is -7.19. The van der Waals surface area contributed by atoms with E-state index >= 15 is 0 Å². The third kappa shape index (κ3) is 13.8. The van der Waals surface area contributed by atoms with Gasteiger partial charge in [-0.15, -0.1) is 0 Å². The van der Waals surface area contributed by atoms with Gasteiger partial charge < -0.3 is 49.1 Å². The molecule has 0 fully saturated rings. The van der Waals surface area contributed by atoms with E-state index in [1.54, 1.807) is 0 Å². The molecule has 0 spiro atoms. The quantitative estimate of drug-likeness (QED) is 0.0743. The SMILES string of the molecule is NCCCCC(NC(=O)C(N)CCC(=O)O)C(=O)NC(CC(N)=O)C(=O)NC(CCC(N)=O)C(=O)O. The molecule has 0 aromatic carbocycles. The minimum atomic E-state index is -1.60. The van der Waals surface area contributed by atoms with Crippen LogP contribution < -0.4 is 38.9 Å². The lowest BCUT2D eigenvalue weighted by molar-refractivity contribution is -0.143. The molecule has 0 aliphatic heterocycles. The lowest BCUT2D eigenvalue weighted by atomic mass is 10.0. The number of unbranched alkanes of at least 4 members (excludes halogenated alkanes) is 1. The summed E-state index contributed by atoms with van der Waals surface area (Å²) in [6, 6.07) is -5.59. The van der Waals surface area contributed by atoms with Gasteiger partial charge in [0.1, 0.15) is 18.1 Å². The van der Waals surface area contributed by atoms with Crippen LogP contribution in [0.15, 0.2) is 0 Å². The molecule has 36 heavy (non-hydrogen) atoms. The van der Waals surface area contributed by atoms with Crippen molar-refractivity contribution in [3.8, 4) is 0 Å². The maximum atomic E-state index is 12.9. The number of rotatable bonds is 19. The smallest absolute Gasteiger partial charge is 0.326 e. The highest BCUT2D eigenvalue weighted by Crippen LogP contribution is 2.06. The van der Waals surface area contributed by atoms with Crippen LogP contribution in [-0.2, 0) is 33.6 Å². The van der Waals surface area contributed by atoms with Gasteiger partial charge in [-0.05, 0) is 38.6 Å². The van der Waals surface area contributed by atoms with E-state index in [-0.39, 0.29) is 32.1 Å². The lowest BCUT2D eigenvalue weighted by Gasteiger charge is -2.24. The molecule has 0 aliphatic carbocycles. The van der Waals surface area contributed by atoms with Crippen molar-refractivity contribution in [2.24, 2.45) is 22.9 Å². The van der Waals surface area contributed by atoms with Gasteiger partial charge in [-0.25, -0.2) is 4.79 Å². The Morgan fingerprint density at radius 1 is 0.667 bits per heavy atom. The monoisotopic (exact) mass is 517 g/mol. The van der Waals surface area contributed by atoms with E-state index in [0.29, 0.717) is 19.4 Å². The number of carboxylic acid groups (broad SMARTS) is 2. The molecular formula is C20H35N7O9. The van der Waals surface area contributed by atoms with Gasteiger partial charge in [-0.1, -0.05) is 0 Å². The van der Waals surface area contributed by atoms with Gasteiger partial charge in [0.25, 0.3) is 0 Å². The highest BCUT2D eigenvalue weighted by molar-refractivity contribution is 5.96. The first-order valence-electron chi connectivity index (χ1n) is 11.2. The molecule has 0 bridgehead atoms. The molecule has 0 aromatic heterocycles. The molecule has 0 saturated heterocycles. The number of amides is 5. The van der Waals surface area contributed by atoms with Gasteiger partial charge in [0.2, 0.25) is 29.5 Å². The molecule has 0 heterocycles. The zero-order valence-corrected chi connectivity index (χ0v) is 19.7. The molecule has 0 saturated carbocycles. The molecule has 0 aliphatic rings. The van der Waals surface area contributed by atoms with E-state index in [1.807, 2.05) is 0 Å². The summed E-state index contributed by atoms with van der Waals surface area (Å²) in [7, 11) is 0. The van der Waals surface area contributed by atoms with Crippen LogP contribution in [0.25, 0.3) is 0 Å². The topological polar surface area (TPSA) is 300 Å². The standard InChI is InChI=1S/C20H35N7O9/c21-8-2-1-3-11(25-17(32)10(22)4-7-16(30)31)18(33)27-13(9-15(24)29)19(34)26-12(20(35)36)5-6-14(23)28/h10-13H,1-9,21-22H2,(H2,23,28)(H2,24,29)(H,25,32)(H,26,34)(H,27,33)(H,30,31)(H,35,36). The number of carboxylic acids is 2. The first-order chi connectivity index (χ1) is 16.8.